The fourth-order valence-electron chi connectivity index (χ4n) is 3.45. The van der Waals surface area contributed by atoms with Gasteiger partial charge in [-0.05, 0) is 5.57 Å². The largest absolute Gasteiger partial charge is 0.457 e. The molecule has 1 aliphatic heterocycles. The molecule has 1 heterocycles. The Kier molecular flexibility index (Phi) is 4.77. The third-order valence-corrected chi connectivity index (χ3v) is 5.04. The molecule has 0 unspecified atom stereocenters. The van der Waals surface area contributed by atoms with Crippen molar-refractivity contribution in [3.05, 3.63) is 11.6 Å². The quantitative estimate of drug-likeness (QED) is 0.218. The van der Waals surface area contributed by atoms with Crippen LogP contribution in [0.25, 0.3) is 0 Å². The van der Waals surface area contributed by atoms with E-state index in [1.807, 2.05) is 0 Å². The van der Waals surface area contributed by atoms with E-state index in [1.165, 1.54) is 6.08 Å². The average molecular weight is 362 g/mol. The first-order valence-electron chi connectivity index (χ1n) is 7.80. The summed E-state index contributed by atoms with van der Waals surface area (Å²) < 4.78 is 5.36. The van der Waals surface area contributed by atoms with Crippen molar-refractivity contribution in [2.45, 2.75) is 54.3 Å². The summed E-state index contributed by atoms with van der Waals surface area (Å²) in [5.74, 6) is 0. The fraction of sp³-hybridized carbons (Fsp3) is 0.786. The number of amidine groups is 1. The molecular formula is C14H22N2O9. The molecule has 11 heteroatoms. The Morgan fingerprint density at radius 2 is 1.76 bits per heavy atom. The Balaban J connectivity index is 1.80. The second kappa shape index (κ2) is 6.45. The summed E-state index contributed by atoms with van der Waals surface area (Å²) in [6.45, 7) is -1.38. The Morgan fingerprint density at radius 3 is 2.36 bits per heavy atom. The number of hydrogen-bond donors (Lipinski definition) is 9. The van der Waals surface area contributed by atoms with E-state index >= 15 is 0 Å². The van der Waals surface area contributed by atoms with Crippen molar-refractivity contribution < 1.29 is 45.6 Å². The van der Waals surface area contributed by atoms with Gasteiger partial charge in [0.15, 0.2) is 6.10 Å². The van der Waals surface area contributed by atoms with Crippen molar-refractivity contribution >= 4 is 6.02 Å². The first-order valence-corrected chi connectivity index (χ1v) is 7.80. The number of aliphatic hydroxyl groups excluding tert-OH is 7. The summed E-state index contributed by atoms with van der Waals surface area (Å²) in [6.07, 6.45) is -7.33. The van der Waals surface area contributed by atoms with E-state index < -0.39 is 67.5 Å². The van der Waals surface area contributed by atoms with Crippen LogP contribution in [0.3, 0.4) is 0 Å². The smallest absolute Gasteiger partial charge is 0.286 e. The van der Waals surface area contributed by atoms with Gasteiger partial charge in [-0.3, -0.25) is 0 Å². The highest BCUT2D eigenvalue weighted by Gasteiger charge is 2.63. The van der Waals surface area contributed by atoms with Gasteiger partial charge in [0, 0.05) is 0 Å². The van der Waals surface area contributed by atoms with E-state index in [1.54, 1.807) is 0 Å². The van der Waals surface area contributed by atoms with Crippen LogP contribution in [0, 0.1) is 0 Å². The first kappa shape index (κ1) is 18.5. The summed E-state index contributed by atoms with van der Waals surface area (Å²) in [6, 6.07) is -2.29. The van der Waals surface area contributed by atoms with Crippen LogP contribution >= 0.6 is 0 Å². The molecule has 0 aromatic rings. The number of fused-ring (bicyclic) bond motifs is 1. The fourth-order valence-corrected chi connectivity index (χ4v) is 3.45. The third-order valence-electron chi connectivity index (χ3n) is 5.04. The van der Waals surface area contributed by atoms with Crippen LogP contribution in [0.4, 0.5) is 0 Å². The molecule has 0 amide bonds. The molecule has 11 nitrogen and oxygen atoms in total. The first-order chi connectivity index (χ1) is 11.7. The molecule has 142 valence electrons. The van der Waals surface area contributed by atoms with Gasteiger partial charge in [-0.2, -0.15) is 0 Å². The molecule has 9 atom stereocenters. The van der Waals surface area contributed by atoms with Gasteiger partial charge in [-0.15, -0.1) is 0 Å². The molecular weight excluding hydrogens is 340 g/mol. The highest BCUT2D eigenvalue weighted by molar-refractivity contribution is 5.77. The van der Waals surface area contributed by atoms with Gasteiger partial charge in [0.25, 0.3) is 6.02 Å². The van der Waals surface area contributed by atoms with Crippen LogP contribution in [0.1, 0.15) is 0 Å². The summed E-state index contributed by atoms with van der Waals surface area (Å²) in [5, 5.41) is 80.9. The van der Waals surface area contributed by atoms with Crippen molar-refractivity contribution in [3.63, 3.8) is 0 Å². The maximum Gasteiger partial charge on any atom is 0.286 e. The minimum atomic E-state index is -2.08. The Bertz CT molecular complexity index is 585. The van der Waals surface area contributed by atoms with E-state index in [9.17, 15) is 40.9 Å². The normalized spacial score (nSPS) is 49.3. The molecule has 2 aliphatic carbocycles. The lowest BCUT2D eigenvalue weighted by Gasteiger charge is -2.34. The second-order valence-electron chi connectivity index (χ2n) is 6.54. The van der Waals surface area contributed by atoms with Crippen LogP contribution < -0.4 is 5.32 Å². The van der Waals surface area contributed by atoms with Crippen molar-refractivity contribution in [2.24, 2.45) is 4.99 Å². The van der Waals surface area contributed by atoms with E-state index in [0.29, 0.717) is 0 Å². The molecule has 3 aliphatic rings. The molecule has 3 rings (SSSR count). The summed E-state index contributed by atoms with van der Waals surface area (Å²) in [4.78, 5) is 4.00. The lowest BCUT2D eigenvalue weighted by atomic mass is 9.88. The maximum absolute atomic E-state index is 10.3. The van der Waals surface area contributed by atoms with Crippen LogP contribution in [0.5, 0.6) is 0 Å². The number of rotatable bonds is 3. The molecule has 0 radical (unpaired) electrons. The Morgan fingerprint density at radius 1 is 1.08 bits per heavy atom. The molecule has 0 spiro atoms. The van der Waals surface area contributed by atoms with E-state index in [0.717, 1.165) is 0 Å². The summed E-state index contributed by atoms with van der Waals surface area (Å²) in [7, 11) is 0. The molecule has 0 aromatic heterocycles. The highest BCUT2D eigenvalue weighted by Crippen LogP contribution is 2.38. The van der Waals surface area contributed by atoms with Gasteiger partial charge in [-0.1, -0.05) is 6.08 Å². The minimum absolute atomic E-state index is 0.0939. The maximum atomic E-state index is 10.3. The molecule has 0 aromatic carbocycles. The van der Waals surface area contributed by atoms with Gasteiger partial charge in [0.05, 0.1) is 19.3 Å². The standard InChI is InChI=1S/C14H22N2O9/c17-2-4-1-5(7(20)8(21)6(4)19)15-13-16-11-10(25-13)9(22)12(23)14(11,24)3-18/h1,5-12,17-24H,2-3H2,(H,15,16)/t5-,6+,7-,8-,9+,10+,11+,12-,14-/m0/s1. The lowest BCUT2D eigenvalue weighted by molar-refractivity contribution is -0.117. The molecule has 0 saturated heterocycles. The zero-order chi connectivity index (χ0) is 18.5. The van der Waals surface area contributed by atoms with Crippen LogP contribution in [0.2, 0.25) is 0 Å². The number of nitrogens with zero attached hydrogens (tertiary/aromatic N) is 1. The van der Waals surface area contributed by atoms with Gasteiger partial charge in [-0.25, -0.2) is 4.99 Å². The van der Waals surface area contributed by atoms with Crippen molar-refractivity contribution in [1.29, 1.82) is 0 Å². The number of aliphatic hydroxyl groups is 8. The van der Waals surface area contributed by atoms with Gasteiger partial charge in [0.1, 0.15) is 42.2 Å². The SMILES string of the molecule is OCC1=C[C@H](NC2=N[C@@H]3[C@H](O2)[C@@H](O)[C@H](O)[C@]3(O)CO)[C@H](O)[C@@H](O)[C@@H]1O. The number of hydrogen-bond acceptors (Lipinski definition) is 11. The van der Waals surface area contributed by atoms with Gasteiger partial charge < -0.3 is 50.9 Å². The monoisotopic (exact) mass is 362 g/mol. The van der Waals surface area contributed by atoms with Crippen molar-refractivity contribution in [3.8, 4) is 0 Å². The molecule has 1 fully saturated rings. The zero-order valence-corrected chi connectivity index (χ0v) is 13.0. The van der Waals surface area contributed by atoms with Gasteiger partial charge >= 0.3 is 0 Å². The van der Waals surface area contributed by atoms with Crippen molar-refractivity contribution in [2.75, 3.05) is 13.2 Å². The molecule has 0 bridgehead atoms. The van der Waals surface area contributed by atoms with E-state index in [-0.39, 0.29) is 11.6 Å². The molecule has 25 heavy (non-hydrogen) atoms. The second-order valence-corrected chi connectivity index (χ2v) is 6.54. The molecule has 1 saturated carbocycles. The predicted octanol–water partition coefficient (Wildman–Crippen LogP) is -5.46. The Hall–Kier alpha value is -1.31. The number of nitrogens with one attached hydrogen (secondary N) is 1. The summed E-state index contributed by atoms with van der Waals surface area (Å²) in [5.41, 5.74) is -1.99. The predicted molar refractivity (Wildman–Crippen MR) is 80.3 cm³/mol. The Labute approximate surface area is 142 Å². The van der Waals surface area contributed by atoms with Crippen LogP contribution in [-0.4, -0.2) is 114 Å². The van der Waals surface area contributed by atoms with E-state index in [4.69, 9.17) is 4.74 Å². The van der Waals surface area contributed by atoms with E-state index in [2.05, 4.69) is 10.3 Å². The molecule has 9 N–H and O–H groups in total. The van der Waals surface area contributed by atoms with Crippen molar-refractivity contribution in [1.82, 2.24) is 5.32 Å². The number of ether oxygens (including phenoxy) is 1. The van der Waals surface area contributed by atoms with Crippen LogP contribution in [0.15, 0.2) is 16.6 Å². The zero-order valence-electron chi connectivity index (χ0n) is 13.0. The van der Waals surface area contributed by atoms with Crippen LogP contribution in [-0.2, 0) is 4.74 Å². The topological polar surface area (TPSA) is 195 Å². The minimum Gasteiger partial charge on any atom is -0.457 e. The third kappa shape index (κ3) is 2.73. The summed E-state index contributed by atoms with van der Waals surface area (Å²) >= 11 is 0. The number of aliphatic imine (C=N–C) groups is 1. The average Bonchev–Trinajstić information content (AvgIpc) is 3.10. The highest BCUT2D eigenvalue weighted by atomic mass is 16.5. The lowest BCUT2D eigenvalue weighted by Crippen LogP contribution is -2.55. The van der Waals surface area contributed by atoms with Gasteiger partial charge in [0.2, 0.25) is 0 Å².